The van der Waals surface area contributed by atoms with Gasteiger partial charge in [0.25, 0.3) is 0 Å². The van der Waals surface area contributed by atoms with E-state index in [4.69, 9.17) is 5.11 Å². The molecule has 1 saturated carbocycles. The van der Waals surface area contributed by atoms with E-state index in [9.17, 15) is 9.59 Å². The van der Waals surface area contributed by atoms with Gasteiger partial charge in [0, 0.05) is 32.2 Å². The van der Waals surface area contributed by atoms with Crippen LogP contribution in [0.1, 0.15) is 32.1 Å². The van der Waals surface area contributed by atoms with E-state index in [0.717, 1.165) is 45.3 Å². The van der Waals surface area contributed by atoms with Crippen molar-refractivity contribution in [1.29, 1.82) is 0 Å². The normalized spacial score (nSPS) is 19.9. The Hall–Kier alpha value is -1.30. The lowest BCUT2D eigenvalue weighted by Crippen LogP contribution is -2.48. The number of hydrogen-bond acceptors (Lipinski definition) is 3. The SMILES string of the molecule is CN(C)CC1CCN(C(=O)N(CCC(=O)O)C2CC2)CC1. The molecule has 2 rings (SSSR count). The van der Waals surface area contributed by atoms with Crippen molar-refractivity contribution in [2.45, 2.75) is 38.1 Å². The molecule has 0 aromatic carbocycles. The maximum absolute atomic E-state index is 12.6. The van der Waals surface area contributed by atoms with E-state index in [1.165, 1.54) is 0 Å². The number of carboxylic acid groups (broad SMARTS) is 1. The van der Waals surface area contributed by atoms with Crippen LogP contribution in [0.15, 0.2) is 0 Å². The number of rotatable bonds is 6. The van der Waals surface area contributed by atoms with E-state index in [1.54, 1.807) is 4.90 Å². The zero-order chi connectivity index (χ0) is 15.4. The second kappa shape index (κ2) is 7.11. The lowest BCUT2D eigenvalue weighted by atomic mass is 9.96. The molecule has 0 aromatic rings. The Morgan fingerprint density at radius 1 is 1.14 bits per heavy atom. The minimum Gasteiger partial charge on any atom is -0.481 e. The fourth-order valence-corrected chi connectivity index (χ4v) is 3.04. The third-order valence-electron chi connectivity index (χ3n) is 4.31. The molecule has 2 aliphatic rings. The summed E-state index contributed by atoms with van der Waals surface area (Å²) in [6, 6.07) is 0.318. The number of likely N-dealkylation sites (tertiary alicyclic amines) is 1. The second-order valence-corrected chi connectivity index (χ2v) is 6.54. The first kappa shape index (κ1) is 16.1. The van der Waals surface area contributed by atoms with E-state index in [1.807, 2.05) is 4.90 Å². The monoisotopic (exact) mass is 297 g/mol. The number of carbonyl (C=O) groups excluding carboxylic acids is 1. The van der Waals surface area contributed by atoms with Crippen LogP contribution in [0.4, 0.5) is 4.79 Å². The summed E-state index contributed by atoms with van der Waals surface area (Å²) in [7, 11) is 4.16. The molecule has 120 valence electrons. The third kappa shape index (κ3) is 4.88. The Bertz CT molecular complexity index is 374. The van der Waals surface area contributed by atoms with Gasteiger partial charge in [-0.1, -0.05) is 0 Å². The van der Waals surface area contributed by atoms with Crippen molar-refractivity contribution in [3.63, 3.8) is 0 Å². The highest BCUT2D eigenvalue weighted by Crippen LogP contribution is 2.29. The predicted octanol–water partition coefficient (Wildman–Crippen LogP) is 1.32. The number of urea groups is 1. The largest absolute Gasteiger partial charge is 0.481 e. The Morgan fingerprint density at radius 2 is 1.76 bits per heavy atom. The van der Waals surface area contributed by atoms with Crippen LogP contribution in [0.5, 0.6) is 0 Å². The maximum atomic E-state index is 12.6. The van der Waals surface area contributed by atoms with E-state index in [0.29, 0.717) is 12.5 Å². The number of carboxylic acids is 1. The molecule has 1 aliphatic heterocycles. The molecule has 6 nitrogen and oxygen atoms in total. The Kier molecular flexibility index (Phi) is 5.45. The van der Waals surface area contributed by atoms with Crippen LogP contribution in [0.25, 0.3) is 0 Å². The second-order valence-electron chi connectivity index (χ2n) is 6.54. The molecule has 0 bridgehead atoms. The van der Waals surface area contributed by atoms with Crippen molar-refractivity contribution >= 4 is 12.0 Å². The average molecular weight is 297 g/mol. The number of nitrogens with zero attached hydrogens (tertiary/aromatic N) is 3. The van der Waals surface area contributed by atoms with Gasteiger partial charge < -0.3 is 19.8 Å². The van der Waals surface area contributed by atoms with E-state index >= 15 is 0 Å². The summed E-state index contributed by atoms with van der Waals surface area (Å²) < 4.78 is 0. The molecular weight excluding hydrogens is 270 g/mol. The molecule has 2 fully saturated rings. The van der Waals surface area contributed by atoms with Crippen molar-refractivity contribution in [2.24, 2.45) is 5.92 Å². The zero-order valence-electron chi connectivity index (χ0n) is 13.1. The number of aliphatic carboxylic acids is 1. The minimum atomic E-state index is -0.835. The van der Waals surface area contributed by atoms with E-state index < -0.39 is 5.97 Å². The summed E-state index contributed by atoms with van der Waals surface area (Å²) in [6.07, 6.45) is 4.16. The molecule has 0 unspecified atom stereocenters. The van der Waals surface area contributed by atoms with Crippen LogP contribution in [-0.2, 0) is 4.79 Å². The molecule has 21 heavy (non-hydrogen) atoms. The predicted molar refractivity (Wildman–Crippen MR) is 80.2 cm³/mol. The number of piperidine rings is 1. The highest BCUT2D eigenvalue weighted by Gasteiger charge is 2.36. The van der Waals surface area contributed by atoms with Crippen molar-refractivity contribution in [3.05, 3.63) is 0 Å². The number of carbonyl (C=O) groups is 2. The number of amides is 2. The van der Waals surface area contributed by atoms with Crippen LogP contribution >= 0.6 is 0 Å². The van der Waals surface area contributed by atoms with Gasteiger partial charge in [0.1, 0.15) is 0 Å². The molecular formula is C15H27N3O3. The molecule has 1 saturated heterocycles. The molecule has 1 aliphatic carbocycles. The summed E-state index contributed by atoms with van der Waals surface area (Å²) in [6.45, 7) is 3.02. The summed E-state index contributed by atoms with van der Waals surface area (Å²) in [5.74, 6) is -0.171. The van der Waals surface area contributed by atoms with Gasteiger partial charge in [-0.2, -0.15) is 0 Å². The molecule has 1 heterocycles. The van der Waals surface area contributed by atoms with Crippen molar-refractivity contribution in [3.8, 4) is 0 Å². The first-order chi connectivity index (χ1) is 9.97. The molecule has 2 amide bonds. The first-order valence-corrected chi connectivity index (χ1v) is 7.89. The van der Waals surface area contributed by atoms with Gasteiger partial charge in [0.2, 0.25) is 0 Å². The highest BCUT2D eigenvalue weighted by molar-refractivity contribution is 5.76. The molecule has 0 radical (unpaired) electrons. The first-order valence-electron chi connectivity index (χ1n) is 7.89. The summed E-state index contributed by atoms with van der Waals surface area (Å²) in [4.78, 5) is 29.2. The van der Waals surface area contributed by atoms with Crippen molar-refractivity contribution in [2.75, 3.05) is 40.3 Å². The van der Waals surface area contributed by atoms with Gasteiger partial charge in [-0.15, -0.1) is 0 Å². The minimum absolute atomic E-state index is 0.0410. The van der Waals surface area contributed by atoms with Crippen LogP contribution in [0.2, 0.25) is 0 Å². The van der Waals surface area contributed by atoms with Crippen LogP contribution in [0.3, 0.4) is 0 Å². The topological polar surface area (TPSA) is 64.1 Å². The van der Waals surface area contributed by atoms with Crippen LogP contribution in [-0.4, -0.2) is 78.1 Å². The lowest BCUT2D eigenvalue weighted by molar-refractivity contribution is -0.137. The number of hydrogen-bond donors (Lipinski definition) is 1. The standard InChI is InChI=1S/C15H27N3O3/c1-16(2)11-12-5-8-17(9-6-12)15(21)18(13-3-4-13)10-7-14(19)20/h12-13H,3-11H2,1-2H3,(H,19,20). The van der Waals surface area contributed by atoms with Gasteiger partial charge >= 0.3 is 12.0 Å². The van der Waals surface area contributed by atoms with Gasteiger partial charge in [0.15, 0.2) is 0 Å². The zero-order valence-corrected chi connectivity index (χ0v) is 13.1. The van der Waals surface area contributed by atoms with Gasteiger partial charge in [-0.3, -0.25) is 4.79 Å². The third-order valence-corrected chi connectivity index (χ3v) is 4.31. The van der Waals surface area contributed by atoms with Crippen LogP contribution < -0.4 is 0 Å². The fourth-order valence-electron chi connectivity index (χ4n) is 3.04. The average Bonchev–Trinajstić information content (AvgIpc) is 3.23. The molecule has 1 N–H and O–H groups in total. The Morgan fingerprint density at radius 3 is 2.24 bits per heavy atom. The summed E-state index contributed by atoms with van der Waals surface area (Å²) in [5, 5.41) is 8.82. The highest BCUT2D eigenvalue weighted by atomic mass is 16.4. The summed E-state index contributed by atoms with van der Waals surface area (Å²) >= 11 is 0. The van der Waals surface area contributed by atoms with E-state index in [-0.39, 0.29) is 18.5 Å². The quantitative estimate of drug-likeness (QED) is 0.803. The lowest BCUT2D eigenvalue weighted by Gasteiger charge is -2.36. The van der Waals surface area contributed by atoms with Crippen LogP contribution in [0, 0.1) is 5.92 Å². The maximum Gasteiger partial charge on any atom is 0.320 e. The van der Waals surface area contributed by atoms with Crippen molar-refractivity contribution < 1.29 is 14.7 Å². The van der Waals surface area contributed by atoms with Gasteiger partial charge in [-0.05, 0) is 45.7 Å². The van der Waals surface area contributed by atoms with Crippen molar-refractivity contribution in [1.82, 2.24) is 14.7 Å². The molecule has 6 heteroatoms. The molecule has 0 aromatic heterocycles. The Balaban J connectivity index is 1.82. The smallest absolute Gasteiger partial charge is 0.320 e. The Labute approximate surface area is 126 Å². The van der Waals surface area contributed by atoms with E-state index in [2.05, 4.69) is 19.0 Å². The fraction of sp³-hybridized carbons (Fsp3) is 0.867. The van der Waals surface area contributed by atoms with Gasteiger partial charge in [-0.25, -0.2) is 4.79 Å². The molecule has 0 spiro atoms. The molecule has 0 atom stereocenters. The summed E-state index contributed by atoms with van der Waals surface area (Å²) in [5.41, 5.74) is 0. The van der Waals surface area contributed by atoms with Gasteiger partial charge in [0.05, 0.1) is 6.42 Å².